The van der Waals surface area contributed by atoms with Gasteiger partial charge in [0.1, 0.15) is 0 Å². The molecule has 0 aliphatic rings. The van der Waals surface area contributed by atoms with Gasteiger partial charge in [0, 0.05) is 12.3 Å². The van der Waals surface area contributed by atoms with E-state index in [2.05, 4.69) is 273 Å². The Morgan fingerprint density at radius 2 is 0.500 bits per heavy atom. The van der Waals surface area contributed by atoms with Crippen LogP contribution in [-0.4, -0.2) is 0 Å². The van der Waals surface area contributed by atoms with E-state index in [1.807, 2.05) is 11.9 Å². The molecule has 8 aromatic rings. The Morgan fingerprint density at radius 1 is 0.263 bits per heavy atom. The van der Waals surface area contributed by atoms with Crippen LogP contribution in [0.4, 0.5) is 0 Å². The highest BCUT2D eigenvalue weighted by Crippen LogP contribution is 2.54. The molecule has 76 heavy (non-hydrogen) atoms. The van der Waals surface area contributed by atoms with Crippen LogP contribution in [0.15, 0.2) is 158 Å². The molecule has 0 unspecified atom stereocenters. The Balaban J connectivity index is 1.61. The first-order chi connectivity index (χ1) is 36.4. The summed E-state index contributed by atoms with van der Waals surface area (Å²) in [5.41, 5.74) is 29.8. The highest BCUT2D eigenvalue weighted by atomic mass is 32.2. The first kappa shape index (κ1) is 56.3. The van der Waals surface area contributed by atoms with Crippen LogP contribution in [0.1, 0.15) is 214 Å². The lowest BCUT2D eigenvalue weighted by Crippen LogP contribution is -2.08. The van der Waals surface area contributed by atoms with Crippen LogP contribution in [0, 0.1) is 0 Å². The van der Waals surface area contributed by atoms with Gasteiger partial charge in [-0.1, -0.05) is 280 Å². The Bertz CT molecular complexity index is 2810. The second-order valence-corrected chi connectivity index (χ2v) is 24.7. The van der Waals surface area contributed by atoms with Crippen molar-refractivity contribution < 1.29 is 0 Å². The summed E-state index contributed by atoms with van der Waals surface area (Å²) < 4.78 is 3.90. The molecule has 8 rings (SSSR count). The third kappa shape index (κ3) is 11.5. The second-order valence-electron chi connectivity index (χ2n) is 23.9. The van der Waals surface area contributed by atoms with Crippen molar-refractivity contribution in [3.8, 4) is 66.8 Å². The summed E-state index contributed by atoms with van der Waals surface area (Å²) in [7, 11) is 0. The molecule has 0 heterocycles. The zero-order valence-corrected chi connectivity index (χ0v) is 49.8. The summed E-state index contributed by atoms with van der Waals surface area (Å²) in [6.07, 6.45) is 0. The van der Waals surface area contributed by atoms with Crippen LogP contribution in [0.2, 0.25) is 0 Å². The van der Waals surface area contributed by atoms with E-state index in [1.165, 1.54) is 122 Å². The first-order valence-corrected chi connectivity index (χ1v) is 29.7. The maximum atomic E-state index is 3.90. The van der Waals surface area contributed by atoms with Gasteiger partial charge in [-0.3, -0.25) is 4.72 Å². The monoisotopic (exact) mass is 1020 g/mol. The maximum Gasteiger partial charge on any atom is 0.0342 e. The van der Waals surface area contributed by atoms with Crippen molar-refractivity contribution in [1.29, 1.82) is 0 Å². The summed E-state index contributed by atoms with van der Waals surface area (Å²) in [4.78, 5) is 0. The van der Waals surface area contributed by atoms with E-state index in [0.29, 0.717) is 47.3 Å². The molecule has 0 amide bonds. The smallest absolute Gasteiger partial charge is 0.0342 e. The van der Waals surface area contributed by atoms with E-state index in [1.54, 1.807) is 0 Å². The Hall–Kier alpha value is -5.93. The van der Waals surface area contributed by atoms with Crippen LogP contribution < -0.4 is 4.72 Å². The SMILES string of the molecule is CC(C)c1cccc(C(C)C)c1-c1cccc(-c2c(C(C)C)cccc2C(C)C)c1-c1cccc(-c2c(-c3c(C(C)C)cccc3C(C)C)cccc2-c2c(C(C)C)cccc2C(C)C)c1CSNCc1ccccc1. The summed E-state index contributed by atoms with van der Waals surface area (Å²) in [6.45, 7) is 38.7. The number of benzene rings is 8. The van der Waals surface area contributed by atoms with Crippen molar-refractivity contribution in [3.05, 3.63) is 213 Å². The van der Waals surface area contributed by atoms with Gasteiger partial charge >= 0.3 is 0 Å². The molecule has 1 nitrogen and oxygen atoms in total. The van der Waals surface area contributed by atoms with E-state index < -0.39 is 0 Å². The van der Waals surface area contributed by atoms with Gasteiger partial charge in [-0.2, -0.15) is 0 Å². The number of nitrogens with one attached hydrogen (secondary N) is 1. The standard InChI is InChI=1S/C74H87NS/c1-45(2)54-29-20-30-55(46(3)4)69(54)64-39-25-40-65(70-56(47(5)6)31-21-32-57(70)48(7)8)73(64)62-37-24-38-63(68(62)44-76-75-43-53-27-18-17-19-28-53)74-66(71-58(49(9)10)33-22-34-59(71)50(11)12)41-26-42-67(74)72-60(51(13)14)35-23-36-61(72)52(15)16/h17-42,45-52,75H,43-44H2,1-16H3. The van der Waals surface area contributed by atoms with Crippen LogP contribution >= 0.6 is 11.9 Å². The summed E-state index contributed by atoms with van der Waals surface area (Å²) in [6, 6.07) is 61.1. The van der Waals surface area contributed by atoms with Crippen molar-refractivity contribution in [2.75, 3.05) is 0 Å². The molecule has 0 aromatic heterocycles. The van der Waals surface area contributed by atoms with Crippen molar-refractivity contribution in [2.24, 2.45) is 0 Å². The Kier molecular flexibility index (Phi) is 18.2. The highest BCUT2D eigenvalue weighted by molar-refractivity contribution is 7.96. The largest absolute Gasteiger partial charge is 0.259 e. The minimum absolute atomic E-state index is 0.324. The van der Waals surface area contributed by atoms with Gasteiger partial charge in [0.05, 0.1) is 0 Å². The summed E-state index contributed by atoms with van der Waals surface area (Å²) in [5, 5.41) is 0. The predicted molar refractivity (Wildman–Crippen MR) is 336 cm³/mol. The predicted octanol–water partition coefficient (Wildman–Crippen LogP) is 22.6. The van der Waals surface area contributed by atoms with Crippen LogP contribution in [-0.2, 0) is 12.3 Å². The van der Waals surface area contributed by atoms with Gasteiger partial charge in [-0.25, -0.2) is 0 Å². The lowest BCUT2D eigenvalue weighted by atomic mass is 9.75. The molecular weight excluding hydrogens is 935 g/mol. The minimum atomic E-state index is 0.324. The molecule has 0 aliphatic carbocycles. The van der Waals surface area contributed by atoms with Crippen molar-refractivity contribution in [2.45, 2.75) is 170 Å². The van der Waals surface area contributed by atoms with Crippen molar-refractivity contribution >= 4 is 11.9 Å². The van der Waals surface area contributed by atoms with Gasteiger partial charge < -0.3 is 0 Å². The molecule has 0 saturated carbocycles. The van der Waals surface area contributed by atoms with E-state index in [0.717, 1.165) is 12.3 Å². The number of hydrogen-bond donors (Lipinski definition) is 1. The average Bonchev–Trinajstić information content (AvgIpc) is 3.40. The molecule has 0 radical (unpaired) electrons. The third-order valence-electron chi connectivity index (χ3n) is 15.9. The Labute approximate surface area is 464 Å². The minimum Gasteiger partial charge on any atom is -0.259 e. The number of rotatable bonds is 19. The third-order valence-corrected chi connectivity index (χ3v) is 16.6. The normalized spacial score (nSPS) is 12.1. The zero-order chi connectivity index (χ0) is 54.5. The molecule has 0 spiro atoms. The molecular formula is C74H87NS. The quantitative estimate of drug-likeness (QED) is 0.0640. The zero-order valence-electron chi connectivity index (χ0n) is 49.0. The molecule has 0 atom stereocenters. The number of hydrogen-bond acceptors (Lipinski definition) is 2. The van der Waals surface area contributed by atoms with Crippen molar-refractivity contribution in [1.82, 2.24) is 4.72 Å². The van der Waals surface area contributed by atoms with Crippen molar-refractivity contribution in [3.63, 3.8) is 0 Å². The van der Waals surface area contributed by atoms with Crippen LogP contribution in [0.5, 0.6) is 0 Å². The molecule has 0 saturated heterocycles. The lowest BCUT2D eigenvalue weighted by Gasteiger charge is -2.29. The van der Waals surface area contributed by atoms with Gasteiger partial charge in [0.2, 0.25) is 0 Å². The fourth-order valence-electron chi connectivity index (χ4n) is 12.0. The topological polar surface area (TPSA) is 12.0 Å². The van der Waals surface area contributed by atoms with Gasteiger partial charge in [-0.15, -0.1) is 0 Å². The lowest BCUT2D eigenvalue weighted by molar-refractivity contribution is 0.837. The second kappa shape index (κ2) is 24.6. The molecule has 2 heteroatoms. The maximum absolute atomic E-state index is 3.90. The van der Waals surface area contributed by atoms with E-state index >= 15 is 0 Å². The first-order valence-electron chi connectivity index (χ1n) is 28.7. The molecule has 0 fully saturated rings. The van der Waals surface area contributed by atoms with Crippen LogP contribution in [0.25, 0.3) is 66.8 Å². The highest BCUT2D eigenvalue weighted by Gasteiger charge is 2.30. The molecule has 0 aliphatic heterocycles. The molecule has 0 bridgehead atoms. The van der Waals surface area contributed by atoms with E-state index in [-0.39, 0.29) is 0 Å². The molecule has 1 N–H and O–H groups in total. The summed E-state index contributed by atoms with van der Waals surface area (Å²) >= 11 is 1.84. The van der Waals surface area contributed by atoms with E-state index in [9.17, 15) is 0 Å². The van der Waals surface area contributed by atoms with Gasteiger partial charge in [0.25, 0.3) is 0 Å². The fourth-order valence-corrected chi connectivity index (χ4v) is 12.9. The Morgan fingerprint density at radius 3 is 0.750 bits per heavy atom. The molecule has 394 valence electrons. The fraction of sp³-hybridized carbons (Fsp3) is 0.351. The van der Waals surface area contributed by atoms with Gasteiger partial charge in [-0.05, 0) is 170 Å². The average molecular weight is 1020 g/mol. The summed E-state index contributed by atoms with van der Waals surface area (Å²) in [5.74, 6) is 3.34. The van der Waals surface area contributed by atoms with Gasteiger partial charge in [0.15, 0.2) is 0 Å². The van der Waals surface area contributed by atoms with E-state index in [4.69, 9.17) is 0 Å². The molecule has 8 aromatic carbocycles. The van der Waals surface area contributed by atoms with Crippen LogP contribution in [0.3, 0.4) is 0 Å².